The molecule has 160 valence electrons. The zero-order valence-electron chi connectivity index (χ0n) is 18.6. The first-order chi connectivity index (χ1) is 16.2. The highest BCUT2D eigenvalue weighted by molar-refractivity contribution is 8.17. The van der Waals surface area contributed by atoms with Crippen LogP contribution in [0.15, 0.2) is 107 Å². The van der Waals surface area contributed by atoms with Gasteiger partial charge in [0.25, 0.3) is 0 Å². The molecule has 1 spiro atoms. The Morgan fingerprint density at radius 1 is 0.515 bits per heavy atom. The molecule has 4 aromatic carbocycles. The standard InChI is InChI=1S/C29H24N2S2/c1-21-11-9-13-23-19-30(25-15-5-3-6-16-25)29(32-27(21)23)31(26-17-7-4-8-18-26)20-24-14-10-12-22(2)28(24)33-29/h3-20H,1-2H3/q+2. The Morgan fingerprint density at radius 2 is 0.939 bits per heavy atom. The number of thioether (sulfide) groups is 2. The van der Waals surface area contributed by atoms with Gasteiger partial charge in [-0.2, -0.15) is 0 Å². The number of hydrogen-bond donors (Lipinski definition) is 0. The van der Waals surface area contributed by atoms with E-state index in [0.29, 0.717) is 0 Å². The predicted octanol–water partition coefficient (Wildman–Crippen LogP) is 7.35. The van der Waals surface area contributed by atoms with Gasteiger partial charge in [0.1, 0.15) is 0 Å². The van der Waals surface area contributed by atoms with E-state index in [2.05, 4.69) is 132 Å². The van der Waals surface area contributed by atoms with Crippen molar-refractivity contribution in [1.82, 2.24) is 0 Å². The minimum absolute atomic E-state index is 0.444. The van der Waals surface area contributed by atoms with Crippen LogP contribution in [0.3, 0.4) is 0 Å². The lowest BCUT2D eigenvalue weighted by Crippen LogP contribution is -2.47. The van der Waals surface area contributed by atoms with Gasteiger partial charge in [0.2, 0.25) is 11.4 Å². The summed E-state index contributed by atoms with van der Waals surface area (Å²) in [5, 5.41) is 0. The monoisotopic (exact) mass is 464 g/mol. The first kappa shape index (κ1) is 20.5. The van der Waals surface area contributed by atoms with Crippen molar-refractivity contribution in [2.24, 2.45) is 0 Å². The second-order valence-electron chi connectivity index (χ2n) is 8.41. The fourth-order valence-corrected chi connectivity index (χ4v) is 7.69. The van der Waals surface area contributed by atoms with E-state index in [1.165, 1.54) is 43.4 Å². The lowest BCUT2D eigenvalue weighted by molar-refractivity contribution is -0.690. The number of rotatable bonds is 2. The smallest absolute Gasteiger partial charge is 0.114 e. The lowest BCUT2D eigenvalue weighted by Gasteiger charge is -2.32. The maximum Gasteiger partial charge on any atom is 0.470 e. The van der Waals surface area contributed by atoms with Crippen molar-refractivity contribution >= 4 is 47.3 Å². The molecule has 4 heteroatoms. The molecule has 4 aromatic rings. The number of benzene rings is 4. The number of aryl methyl sites for hydroxylation is 2. The average Bonchev–Trinajstić information content (AvgIpc) is 2.86. The predicted molar refractivity (Wildman–Crippen MR) is 140 cm³/mol. The number of nitrogens with zero attached hydrogens (tertiary/aromatic N) is 2. The van der Waals surface area contributed by atoms with E-state index < -0.39 is 4.33 Å². The summed E-state index contributed by atoms with van der Waals surface area (Å²) >= 11 is 3.87. The first-order valence-corrected chi connectivity index (χ1v) is 12.7. The van der Waals surface area contributed by atoms with Gasteiger partial charge >= 0.3 is 4.33 Å². The molecule has 0 N–H and O–H groups in total. The van der Waals surface area contributed by atoms with Crippen LogP contribution in [0.4, 0.5) is 11.4 Å². The molecule has 0 atom stereocenters. The summed E-state index contributed by atoms with van der Waals surface area (Å²) in [7, 11) is 0. The molecule has 0 bridgehead atoms. The third-order valence-electron chi connectivity index (χ3n) is 6.17. The van der Waals surface area contributed by atoms with Crippen LogP contribution in [0.2, 0.25) is 0 Å². The Labute approximate surface area is 203 Å². The van der Waals surface area contributed by atoms with Gasteiger partial charge in [-0.3, -0.25) is 0 Å². The number of hydrogen-bond acceptors (Lipinski definition) is 2. The first-order valence-electron chi connectivity index (χ1n) is 11.1. The molecule has 6 rings (SSSR count). The second kappa shape index (κ2) is 8.05. The highest BCUT2D eigenvalue weighted by Crippen LogP contribution is 2.56. The Hall–Kier alpha value is -3.08. The molecule has 0 radical (unpaired) electrons. The summed E-state index contributed by atoms with van der Waals surface area (Å²) in [5.74, 6) is 0. The molecule has 0 unspecified atom stereocenters. The summed E-state index contributed by atoms with van der Waals surface area (Å²) < 4.78 is 4.45. The van der Waals surface area contributed by atoms with Crippen LogP contribution in [0.5, 0.6) is 0 Å². The average molecular weight is 465 g/mol. The Balaban J connectivity index is 1.69. The molecule has 2 nitrogen and oxygen atoms in total. The van der Waals surface area contributed by atoms with Gasteiger partial charge in [0, 0.05) is 57.6 Å². The van der Waals surface area contributed by atoms with Gasteiger partial charge < -0.3 is 0 Å². The highest BCUT2D eigenvalue weighted by Gasteiger charge is 2.61. The maximum absolute atomic E-state index is 2.45. The number of fused-ring (bicyclic) bond motifs is 2. The van der Waals surface area contributed by atoms with Crippen molar-refractivity contribution < 1.29 is 9.15 Å². The minimum atomic E-state index is -0.444. The molecular weight excluding hydrogens is 440 g/mol. The van der Waals surface area contributed by atoms with Crippen molar-refractivity contribution in [3.63, 3.8) is 0 Å². The van der Waals surface area contributed by atoms with E-state index in [-0.39, 0.29) is 0 Å². The van der Waals surface area contributed by atoms with Gasteiger partial charge in [0.05, 0.1) is 11.1 Å². The van der Waals surface area contributed by atoms with Crippen LogP contribution in [-0.2, 0) is 0 Å². The van der Waals surface area contributed by atoms with Gasteiger partial charge in [-0.15, -0.1) is 9.15 Å². The third-order valence-corrected chi connectivity index (χ3v) is 9.51. The van der Waals surface area contributed by atoms with Crippen LogP contribution in [0, 0.1) is 13.8 Å². The Bertz CT molecular complexity index is 1310. The van der Waals surface area contributed by atoms with Gasteiger partial charge in [-0.1, -0.05) is 60.7 Å². The summed E-state index contributed by atoms with van der Waals surface area (Å²) in [6.45, 7) is 4.43. The molecule has 0 aliphatic carbocycles. The van der Waals surface area contributed by atoms with Gasteiger partial charge in [-0.25, -0.2) is 0 Å². The van der Waals surface area contributed by atoms with Crippen LogP contribution in [0.25, 0.3) is 0 Å². The van der Waals surface area contributed by atoms with E-state index in [1.54, 1.807) is 0 Å². The zero-order chi connectivity index (χ0) is 22.4. The summed E-state index contributed by atoms with van der Waals surface area (Å²) in [5.41, 5.74) is 7.50. The normalized spacial score (nSPS) is 15.9. The summed E-state index contributed by atoms with van der Waals surface area (Å²) in [4.78, 5) is 2.67. The van der Waals surface area contributed by atoms with E-state index >= 15 is 0 Å². The third kappa shape index (κ3) is 3.36. The maximum atomic E-state index is 2.45. The van der Waals surface area contributed by atoms with E-state index in [0.717, 1.165) is 0 Å². The lowest BCUT2D eigenvalue weighted by atomic mass is 10.1. The van der Waals surface area contributed by atoms with Crippen molar-refractivity contribution in [3.05, 3.63) is 119 Å². The molecule has 2 aliphatic heterocycles. The SMILES string of the molecule is Cc1cccc2c1SC1(Sc3c(C)cccc3C=[N+]1c1ccccc1)[N+](c1ccccc1)=C2. The Kier molecular flexibility index (Phi) is 5.01. The van der Waals surface area contributed by atoms with Crippen molar-refractivity contribution in [1.29, 1.82) is 0 Å². The topological polar surface area (TPSA) is 6.02 Å². The molecular formula is C29H24N2S2+2. The molecule has 0 aromatic heterocycles. The van der Waals surface area contributed by atoms with Crippen LogP contribution in [-0.4, -0.2) is 25.9 Å². The molecule has 0 saturated carbocycles. The molecule has 2 heterocycles. The number of para-hydroxylation sites is 2. The van der Waals surface area contributed by atoms with E-state index in [4.69, 9.17) is 0 Å². The second-order valence-corrected chi connectivity index (χ2v) is 11.0. The van der Waals surface area contributed by atoms with Crippen LogP contribution < -0.4 is 0 Å². The van der Waals surface area contributed by atoms with E-state index in [1.807, 2.05) is 23.5 Å². The van der Waals surface area contributed by atoms with Gasteiger partial charge in [0.15, 0.2) is 12.4 Å². The van der Waals surface area contributed by atoms with Gasteiger partial charge in [-0.05, 0) is 37.1 Å². The minimum Gasteiger partial charge on any atom is -0.114 e. The fraction of sp³-hybridized carbons (Fsp3) is 0.103. The van der Waals surface area contributed by atoms with Crippen LogP contribution >= 0.6 is 23.5 Å². The Morgan fingerprint density at radius 3 is 1.36 bits per heavy atom. The quantitative estimate of drug-likeness (QED) is 0.286. The molecule has 33 heavy (non-hydrogen) atoms. The molecule has 0 fully saturated rings. The van der Waals surface area contributed by atoms with Crippen molar-refractivity contribution in [2.45, 2.75) is 28.0 Å². The van der Waals surface area contributed by atoms with Crippen molar-refractivity contribution in [2.75, 3.05) is 0 Å². The van der Waals surface area contributed by atoms with Crippen LogP contribution in [0.1, 0.15) is 22.3 Å². The summed E-state index contributed by atoms with van der Waals surface area (Å²) in [6, 6.07) is 34.7. The fourth-order valence-electron chi connectivity index (χ4n) is 4.53. The molecule has 2 aliphatic rings. The molecule has 0 amide bonds. The van der Waals surface area contributed by atoms with Crippen molar-refractivity contribution in [3.8, 4) is 0 Å². The largest absolute Gasteiger partial charge is 0.470 e. The zero-order valence-corrected chi connectivity index (χ0v) is 20.2. The summed E-state index contributed by atoms with van der Waals surface area (Å²) in [6.07, 6.45) is 4.66. The molecule has 0 saturated heterocycles. The van der Waals surface area contributed by atoms with E-state index in [9.17, 15) is 0 Å². The highest BCUT2D eigenvalue weighted by atomic mass is 32.2.